The van der Waals surface area contributed by atoms with Gasteiger partial charge < -0.3 is 5.32 Å². The minimum absolute atomic E-state index is 0.0294. The fourth-order valence-electron chi connectivity index (χ4n) is 3.83. The van der Waals surface area contributed by atoms with Crippen LogP contribution in [-0.4, -0.2) is 55.9 Å². The van der Waals surface area contributed by atoms with Crippen LogP contribution < -0.4 is 5.32 Å². The van der Waals surface area contributed by atoms with Crippen LogP contribution in [0.4, 0.5) is 0 Å². The molecule has 2 aliphatic rings. The second-order valence-corrected chi connectivity index (χ2v) is 10.1. The van der Waals surface area contributed by atoms with E-state index in [9.17, 15) is 13.2 Å². The monoisotopic (exact) mass is 418 g/mol. The molecule has 0 bridgehead atoms. The third-order valence-electron chi connectivity index (χ3n) is 5.17. The van der Waals surface area contributed by atoms with E-state index in [1.807, 2.05) is 6.07 Å². The lowest BCUT2D eigenvalue weighted by Crippen LogP contribution is -2.52. The van der Waals surface area contributed by atoms with Crippen molar-refractivity contribution in [2.75, 3.05) is 24.6 Å². The average molecular weight is 419 g/mol. The number of aryl methyl sites for hydroxylation is 1. The summed E-state index contributed by atoms with van der Waals surface area (Å²) in [5.74, 6) is 0.0304. The first-order valence-corrected chi connectivity index (χ1v) is 11.6. The average Bonchev–Trinajstić information content (AvgIpc) is 2.89. The van der Waals surface area contributed by atoms with Gasteiger partial charge in [0.1, 0.15) is 0 Å². The fourth-order valence-corrected chi connectivity index (χ4v) is 6.28. The van der Waals surface area contributed by atoms with E-state index in [-0.39, 0.29) is 35.9 Å². The van der Waals surface area contributed by atoms with E-state index >= 15 is 0 Å². The predicted octanol–water partition coefficient (Wildman–Crippen LogP) is 2.69. The Bertz CT molecular complexity index is 764. The molecule has 0 aromatic heterocycles. The van der Waals surface area contributed by atoms with Gasteiger partial charge in [-0.05, 0) is 50.0 Å². The number of halogens is 2. The van der Waals surface area contributed by atoms with E-state index in [2.05, 4.69) is 10.2 Å². The number of sulfone groups is 1. The second-order valence-electron chi connectivity index (χ2n) is 7.15. The van der Waals surface area contributed by atoms with Crippen molar-refractivity contribution < 1.29 is 13.2 Å². The number of piperidine rings is 1. The minimum atomic E-state index is -3.11. The third kappa shape index (κ3) is 5.12. The number of hydrogen-bond acceptors (Lipinski definition) is 4. The van der Waals surface area contributed by atoms with Crippen LogP contribution in [0.5, 0.6) is 0 Å². The van der Waals surface area contributed by atoms with Crippen LogP contribution >= 0.6 is 23.2 Å². The predicted molar refractivity (Wildman–Crippen MR) is 105 cm³/mol. The number of nitrogens with zero attached hydrogens (tertiary/aromatic N) is 1. The molecule has 1 aromatic carbocycles. The molecule has 3 rings (SSSR count). The summed E-state index contributed by atoms with van der Waals surface area (Å²) in [6.07, 6.45) is 4.13. The zero-order chi connectivity index (χ0) is 18.7. The Hall–Kier alpha value is -0.820. The second kappa shape index (κ2) is 8.46. The Morgan fingerprint density at radius 3 is 2.58 bits per heavy atom. The molecule has 0 spiro atoms. The SMILES string of the molecule is O=C(CCc1ccc(Cl)cc1Cl)NC1CS(=O)(=O)CC1N1CCCCC1. The lowest BCUT2D eigenvalue weighted by molar-refractivity contribution is -0.122. The van der Waals surface area contributed by atoms with E-state index in [0.29, 0.717) is 16.5 Å². The van der Waals surface area contributed by atoms with Crippen LogP contribution in [0, 0.1) is 0 Å². The molecule has 0 aliphatic carbocycles. The van der Waals surface area contributed by atoms with Crippen molar-refractivity contribution in [2.45, 2.75) is 44.2 Å². The van der Waals surface area contributed by atoms with Crippen LogP contribution in [0.1, 0.15) is 31.2 Å². The number of carbonyl (C=O) groups excluding carboxylic acids is 1. The Morgan fingerprint density at radius 2 is 1.88 bits per heavy atom. The molecule has 0 saturated carbocycles. The first kappa shape index (κ1) is 19.9. The van der Waals surface area contributed by atoms with Gasteiger partial charge in [0.25, 0.3) is 0 Å². The number of benzene rings is 1. The van der Waals surface area contributed by atoms with Crippen molar-refractivity contribution in [3.8, 4) is 0 Å². The number of amides is 1. The highest BCUT2D eigenvalue weighted by Crippen LogP contribution is 2.24. The van der Waals surface area contributed by atoms with E-state index in [1.54, 1.807) is 12.1 Å². The fraction of sp³-hybridized carbons (Fsp3) is 0.611. The molecule has 8 heteroatoms. The van der Waals surface area contributed by atoms with Crippen LogP contribution in [0.15, 0.2) is 18.2 Å². The van der Waals surface area contributed by atoms with Gasteiger partial charge in [-0.15, -0.1) is 0 Å². The Kier molecular flexibility index (Phi) is 6.49. The first-order chi connectivity index (χ1) is 12.3. The number of hydrogen-bond donors (Lipinski definition) is 1. The van der Waals surface area contributed by atoms with E-state index in [4.69, 9.17) is 23.2 Å². The summed E-state index contributed by atoms with van der Waals surface area (Å²) in [6, 6.07) is 4.78. The lowest BCUT2D eigenvalue weighted by Gasteiger charge is -2.35. The van der Waals surface area contributed by atoms with Crippen molar-refractivity contribution in [3.05, 3.63) is 33.8 Å². The first-order valence-electron chi connectivity index (χ1n) is 9.02. The summed E-state index contributed by atoms with van der Waals surface area (Å²) in [7, 11) is -3.11. The Balaban J connectivity index is 1.59. The van der Waals surface area contributed by atoms with Gasteiger partial charge >= 0.3 is 0 Å². The van der Waals surface area contributed by atoms with Crippen molar-refractivity contribution >= 4 is 38.9 Å². The highest BCUT2D eigenvalue weighted by Gasteiger charge is 2.41. The van der Waals surface area contributed by atoms with Gasteiger partial charge in [0.2, 0.25) is 5.91 Å². The summed E-state index contributed by atoms with van der Waals surface area (Å²) in [6.45, 7) is 1.82. The van der Waals surface area contributed by atoms with E-state index < -0.39 is 9.84 Å². The van der Waals surface area contributed by atoms with Crippen molar-refractivity contribution in [1.29, 1.82) is 0 Å². The maximum Gasteiger partial charge on any atom is 0.220 e. The quantitative estimate of drug-likeness (QED) is 0.797. The van der Waals surface area contributed by atoms with Gasteiger partial charge in [0, 0.05) is 22.5 Å². The maximum atomic E-state index is 12.4. The standard InChI is InChI=1S/C18H24Cl2N2O3S/c19-14-6-4-13(15(20)10-14)5-7-18(23)21-16-11-26(24,25)12-17(16)22-8-2-1-3-9-22/h4,6,10,16-17H,1-3,5,7-9,11-12H2,(H,21,23). The van der Waals surface area contributed by atoms with Gasteiger partial charge in [0.05, 0.1) is 17.5 Å². The van der Waals surface area contributed by atoms with Crippen molar-refractivity contribution in [3.63, 3.8) is 0 Å². The number of rotatable bonds is 5. The van der Waals surface area contributed by atoms with Gasteiger partial charge in [0.15, 0.2) is 9.84 Å². The number of carbonyl (C=O) groups is 1. The molecule has 2 saturated heterocycles. The molecule has 1 aromatic rings. The Morgan fingerprint density at radius 1 is 1.15 bits per heavy atom. The van der Waals surface area contributed by atoms with Crippen LogP contribution in [0.25, 0.3) is 0 Å². The van der Waals surface area contributed by atoms with Crippen LogP contribution in [-0.2, 0) is 21.1 Å². The molecule has 26 heavy (non-hydrogen) atoms. The summed E-state index contributed by atoms with van der Waals surface area (Å²) in [5, 5.41) is 4.05. The maximum absolute atomic E-state index is 12.4. The van der Waals surface area contributed by atoms with Crippen molar-refractivity contribution in [2.24, 2.45) is 0 Å². The van der Waals surface area contributed by atoms with Crippen molar-refractivity contribution in [1.82, 2.24) is 10.2 Å². The summed E-state index contributed by atoms with van der Waals surface area (Å²) in [5.41, 5.74) is 0.859. The summed E-state index contributed by atoms with van der Waals surface area (Å²) < 4.78 is 24.2. The molecule has 2 heterocycles. The molecule has 144 valence electrons. The molecule has 1 amide bonds. The molecule has 1 N–H and O–H groups in total. The van der Waals surface area contributed by atoms with Crippen LogP contribution in [0.2, 0.25) is 10.0 Å². The van der Waals surface area contributed by atoms with Gasteiger partial charge in [-0.3, -0.25) is 9.69 Å². The number of nitrogens with one attached hydrogen (secondary N) is 1. The topological polar surface area (TPSA) is 66.5 Å². The Labute approximate surface area is 165 Å². The normalized spacial score (nSPS) is 25.9. The van der Waals surface area contributed by atoms with E-state index in [1.165, 1.54) is 6.42 Å². The zero-order valence-corrected chi connectivity index (χ0v) is 16.9. The van der Waals surface area contributed by atoms with Gasteiger partial charge in [-0.1, -0.05) is 35.7 Å². The molecule has 2 fully saturated rings. The lowest BCUT2D eigenvalue weighted by atomic mass is 10.0. The molecule has 5 nitrogen and oxygen atoms in total. The summed E-state index contributed by atoms with van der Waals surface area (Å²) in [4.78, 5) is 14.6. The zero-order valence-electron chi connectivity index (χ0n) is 14.6. The minimum Gasteiger partial charge on any atom is -0.351 e. The highest BCUT2D eigenvalue weighted by atomic mass is 35.5. The highest BCUT2D eigenvalue weighted by molar-refractivity contribution is 7.91. The summed E-state index contributed by atoms with van der Waals surface area (Å²) >= 11 is 12.0. The molecule has 2 atom stereocenters. The molecular weight excluding hydrogens is 395 g/mol. The third-order valence-corrected chi connectivity index (χ3v) is 7.47. The molecule has 0 radical (unpaired) electrons. The van der Waals surface area contributed by atoms with Crippen LogP contribution in [0.3, 0.4) is 0 Å². The largest absolute Gasteiger partial charge is 0.351 e. The van der Waals surface area contributed by atoms with Gasteiger partial charge in [-0.2, -0.15) is 0 Å². The van der Waals surface area contributed by atoms with Gasteiger partial charge in [-0.25, -0.2) is 8.42 Å². The molecule has 2 aliphatic heterocycles. The molecular formula is C18H24Cl2N2O3S. The molecule has 2 unspecified atom stereocenters. The number of likely N-dealkylation sites (tertiary alicyclic amines) is 1. The van der Waals surface area contributed by atoms with E-state index in [0.717, 1.165) is 31.5 Å². The smallest absolute Gasteiger partial charge is 0.220 e.